The van der Waals surface area contributed by atoms with Gasteiger partial charge in [-0.15, -0.1) is 0 Å². The number of halogens is 1. The number of carbonyl (C=O) groups excluding carboxylic acids is 1. The Bertz CT molecular complexity index is 703. The van der Waals surface area contributed by atoms with E-state index >= 15 is 0 Å². The molecule has 21 heavy (non-hydrogen) atoms. The van der Waals surface area contributed by atoms with E-state index in [0.29, 0.717) is 5.56 Å². The summed E-state index contributed by atoms with van der Waals surface area (Å²) in [5, 5.41) is 22.6. The quantitative estimate of drug-likeness (QED) is 0.668. The first-order valence-electron chi connectivity index (χ1n) is 5.97. The van der Waals surface area contributed by atoms with Gasteiger partial charge in [0.25, 0.3) is 11.6 Å². The first-order valence-corrected chi connectivity index (χ1v) is 5.97. The number of nitro groups is 1. The zero-order valence-corrected chi connectivity index (χ0v) is 10.7. The number of carbonyl (C=O) groups is 1. The highest BCUT2D eigenvalue weighted by Gasteiger charge is 2.20. The minimum absolute atomic E-state index is 0.0173. The monoisotopic (exact) mass is 290 g/mol. The first kappa shape index (κ1) is 14.4. The number of hydrogen-bond donors (Lipinski definition) is 2. The fourth-order valence-corrected chi connectivity index (χ4v) is 1.79. The molecule has 7 heteroatoms. The molecule has 6 nitrogen and oxygen atoms in total. The number of benzene rings is 2. The predicted octanol–water partition coefficient (Wildman–Crippen LogP) is 2.37. The van der Waals surface area contributed by atoms with E-state index in [1.54, 1.807) is 6.07 Å². The SMILES string of the molecule is O=C(NCc1cccc(F)c1)c1cc(O)ccc1[N+](=O)[O-]. The van der Waals surface area contributed by atoms with Crippen LogP contribution in [0.4, 0.5) is 10.1 Å². The predicted molar refractivity (Wildman–Crippen MR) is 72.3 cm³/mol. The van der Waals surface area contributed by atoms with Crippen LogP contribution in [0.5, 0.6) is 5.75 Å². The summed E-state index contributed by atoms with van der Waals surface area (Å²) in [6.07, 6.45) is 0. The van der Waals surface area contributed by atoms with Crippen LogP contribution in [0.1, 0.15) is 15.9 Å². The standard InChI is InChI=1S/C14H11FN2O4/c15-10-3-1-2-9(6-10)8-16-14(19)12-7-11(18)4-5-13(12)17(20)21/h1-7,18H,8H2,(H,16,19). The maximum atomic E-state index is 13.0. The Balaban J connectivity index is 2.17. The van der Waals surface area contributed by atoms with Crippen LogP contribution in [0.3, 0.4) is 0 Å². The lowest BCUT2D eigenvalue weighted by molar-refractivity contribution is -0.385. The number of rotatable bonds is 4. The summed E-state index contributed by atoms with van der Waals surface area (Å²) >= 11 is 0. The normalized spacial score (nSPS) is 10.1. The van der Waals surface area contributed by atoms with Gasteiger partial charge in [-0.25, -0.2) is 4.39 Å². The van der Waals surface area contributed by atoms with Crippen molar-refractivity contribution in [2.75, 3.05) is 0 Å². The summed E-state index contributed by atoms with van der Waals surface area (Å²) in [6.45, 7) is 0.0173. The van der Waals surface area contributed by atoms with Gasteiger partial charge >= 0.3 is 0 Å². The van der Waals surface area contributed by atoms with Gasteiger partial charge in [0.1, 0.15) is 17.1 Å². The summed E-state index contributed by atoms with van der Waals surface area (Å²) in [5.74, 6) is -1.41. The smallest absolute Gasteiger partial charge is 0.282 e. The molecule has 2 rings (SSSR count). The van der Waals surface area contributed by atoms with E-state index in [-0.39, 0.29) is 17.9 Å². The number of aromatic hydroxyl groups is 1. The Labute approximate surface area is 119 Å². The van der Waals surface area contributed by atoms with Gasteiger partial charge in [-0.2, -0.15) is 0 Å². The Morgan fingerprint density at radius 3 is 2.71 bits per heavy atom. The summed E-state index contributed by atoms with van der Waals surface area (Å²) in [4.78, 5) is 22.1. The molecule has 0 aliphatic carbocycles. The van der Waals surface area contributed by atoms with E-state index in [4.69, 9.17) is 0 Å². The van der Waals surface area contributed by atoms with Crippen molar-refractivity contribution in [2.24, 2.45) is 0 Å². The summed E-state index contributed by atoms with van der Waals surface area (Å²) < 4.78 is 13.0. The van der Waals surface area contributed by atoms with Crippen LogP contribution in [-0.4, -0.2) is 15.9 Å². The van der Waals surface area contributed by atoms with Crippen molar-refractivity contribution >= 4 is 11.6 Å². The first-order chi connectivity index (χ1) is 9.97. The lowest BCUT2D eigenvalue weighted by Crippen LogP contribution is -2.23. The van der Waals surface area contributed by atoms with Gasteiger partial charge in [0.15, 0.2) is 0 Å². The van der Waals surface area contributed by atoms with E-state index in [9.17, 15) is 24.4 Å². The molecule has 0 atom stereocenters. The van der Waals surface area contributed by atoms with E-state index in [1.807, 2.05) is 0 Å². The second kappa shape index (κ2) is 6.00. The van der Waals surface area contributed by atoms with Crippen molar-refractivity contribution < 1.29 is 19.2 Å². The Kier molecular flexibility index (Phi) is 4.13. The van der Waals surface area contributed by atoms with Crippen molar-refractivity contribution in [2.45, 2.75) is 6.54 Å². The van der Waals surface area contributed by atoms with Crippen molar-refractivity contribution in [3.05, 3.63) is 69.5 Å². The number of hydrogen-bond acceptors (Lipinski definition) is 4. The van der Waals surface area contributed by atoms with Crippen LogP contribution in [-0.2, 0) is 6.54 Å². The van der Waals surface area contributed by atoms with E-state index < -0.39 is 22.3 Å². The van der Waals surface area contributed by atoms with Gasteiger partial charge in [-0.05, 0) is 29.8 Å². The zero-order chi connectivity index (χ0) is 15.4. The average molecular weight is 290 g/mol. The van der Waals surface area contributed by atoms with Crippen LogP contribution in [0.25, 0.3) is 0 Å². The fraction of sp³-hybridized carbons (Fsp3) is 0.0714. The third-order valence-corrected chi connectivity index (χ3v) is 2.76. The maximum Gasteiger partial charge on any atom is 0.282 e. The molecule has 0 unspecified atom stereocenters. The summed E-state index contributed by atoms with van der Waals surface area (Å²) in [7, 11) is 0. The molecule has 2 N–H and O–H groups in total. The largest absolute Gasteiger partial charge is 0.508 e. The Morgan fingerprint density at radius 1 is 1.29 bits per heavy atom. The van der Waals surface area contributed by atoms with E-state index in [0.717, 1.165) is 18.2 Å². The lowest BCUT2D eigenvalue weighted by Gasteiger charge is -2.06. The van der Waals surface area contributed by atoms with Gasteiger partial charge < -0.3 is 10.4 Å². The topological polar surface area (TPSA) is 92.5 Å². The molecule has 2 aromatic carbocycles. The third kappa shape index (κ3) is 3.53. The molecular weight excluding hydrogens is 279 g/mol. The van der Waals surface area contributed by atoms with Crippen molar-refractivity contribution in [3.8, 4) is 5.75 Å². The molecular formula is C14H11FN2O4. The Hall–Kier alpha value is -2.96. The van der Waals surface area contributed by atoms with Crippen LogP contribution in [0, 0.1) is 15.9 Å². The highest BCUT2D eigenvalue weighted by atomic mass is 19.1. The molecule has 0 saturated heterocycles. The molecule has 0 aromatic heterocycles. The van der Waals surface area contributed by atoms with Crippen LogP contribution in [0.2, 0.25) is 0 Å². The Morgan fingerprint density at radius 2 is 2.05 bits per heavy atom. The summed E-state index contributed by atoms with van der Waals surface area (Å²) in [6, 6.07) is 8.81. The van der Waals surface area contributed by atoms with Gasteiger partial charge in [0.2, 0.25) is 0 Å². The number of nitrogens with zero attached hydrogens (tertiary/aromatic N) is 1. The minimum atomic E-state index is -0.720. The second-order valence-corrected chi connectivity index (χ2v) is 4.27. The molecule has 0 saturated carbocycles. The van der Waals surface area contributed by atoms with Crippen molar-refractivity contribution in [1.82, 2.24) is 5.32 Å². The van der Waals surface area contributed by atoms with Gasteiger partial charge in [-0.1, -0.05) is 12.1 Å². The number of amides is 1. The van der Waals surface area contributed by atoms with Crippen molar-refractivity contribution in [3.63, 3.8) is 0 Å². The number of phenolic OH excluding ortho intramolecular Hbond substituents is 1. The van der Waals surface area contributed by atoms with Crippen LogP contribution in [0.15, 0.2) is 42.5 Å². The van der Waals surface area contributed by atoms with Crippen molar-refractivity contribution in [1.29, 1.82) is 0 Å². The van der Waals surface area contributed by atoms with Gasteiger partial charge in [0.05, 0.1) is 4.92 Å². The molecule has 108 valence electrons. The van der Waals surface area contributed by atoms with E-state index in [2.05, 4.69) is 5.32 Å². The molecule has 0 fully saturated rings. The van der Waals surface area contributed by atoms with Gasteiger partial charge in [-0.3, -0.25) is 14.9 Å². The highest BCUT2D eigenvalue weighted by molar-refractivity contribution is 5.98. The molecule has 0 spiro atoms. The third-order valence-electron chi connectivity index (χ3n) is 2.76. The maximum absolute atomic E-state index is 13.0. The molecule has 0 radical (unpaired) electrons. The second-order valence-electron chi connectivity index (χ2n) is 4.27. The molecule has 2 aromatic rings. The average Bonchev–Trinajstić information content (AvgIpc) is 2.44. The minimum Gasteiger partial charge on any atom is -0.508 e. The fourth-order valence-electron chi connectivity index (χ4n) is 1.79. The van der Waals surface area contributed by atoms with Crippen LogP contribution >= 0.6 is 0 Å². The molecule has 0 aliphatic rings. The molecule has 0 aliphatic heterocycles. The number of nitro benzene ring substituents is 1. The lowest BCUT2D eigenvalue weighted by atomic mass is 10.1. The number of phenols is 1. The number of nitrogens with one attached hydrogen (secondary N) is 1. The molecule has 0 heterocycles. The van der Waals surface area contributed by atoms with Gasteiger partial charge in [0, 0.05) is 12.6 Å². The molecule has 1 amide bonds. The summed E-state index contributed by atoms with van der Waals surface area (Å²) in [5.41, 5.74) is -0.146. The van der Waals surface area contributed by atoms with E-state index in [1.165, 1.54) is 18.2 Å². The highest BCUT2D eigenvalue weighted by Crippen LogP contribution is 2.23. The van der Waals surface area contributed by atoms with Crippen LogP contribution < -0.4 is 5.32 Å². The molecule has 0 bridgehead atoms. The zero-order valence-electron chi connectivity index (χ0n) is 10.7.